The Kier molecular flexibility index (Phi) is 3.43. The van der Waals surface area contributed by atoms with Gasteiger partial charge in [0.25, 0.3) is 0 Å². The fourth-order valence-electron chi connectivity index (χ4n) is 2.91. The molecule has 0 spiro atoms. The molecule has 0 saturated carbocycles. The molecule has 4 atom stereocenters. The Labute approximate surface area is 124 Å². The molecule has 0 bridgehead atoms. The van der Waals surface area contributed by atoms with Gasteiger partial charge in [0.2, 0.25) is 5.91 Å². The van der Waals surface area contributed by atoms with Gasteiger partial charge >= 0.3 is 0 Å². The molecule has 1 saturated heterocycles. The van der Waals surface area contributed by atoms with E-state index in [-0.39, 0.29) is 5.82 Å². The van der Waals surface area contributed by atoms with Crippen LogP contribution in [0.2, 0.25) is 0 Å². The summed E-state index contributed by atoms with van der Waals surface area (Å²) < 4.78 is 1.44. The van der Waals surface area contributed by atoms with Crippen molar-refractivity contribution in [2.24, 2.45) is 0 Å². The van der Waals surface area contributed by atoms with Gasteiger partial charge in [-0.2, -0.15) is 0 Å². The lowest BCUT2D eigenvalue weighted by Crippen LogP contribution is -2.42. The summed E-state index contributed by atoms with van der Waals surface area (Å²) in [5.41, 5.74) is 6.38. The average molecular weight is 308 g/mol. The molecule has 1 aliphatic rings. The number of fused-ring (bicyclic) bond motifs is 1. The van der Waals surface area contributed by atoms with Gasteiger partial charge in [0.15, 0.2) is 11.5 Å². The molecule has 3 rings (SSSR count). The molecule has 0 aliphatic carbocycles. The Morgan fingerprint density at radius 1 is 1.32 bits per heavy atom. The van der Waals surface area contributed by atoms with Gasteiger partial charge in [-0.25, -0.2) is 15.0 Å². The van der Waals surface area contributed by atoms with Crippen LogP contribution in [0.15, 0.2) is 12.7 Å². The molecule has 2 aromatic rings. The molecular weight excluding hydrogens is 292 g/mol. The molecule has 1 aliphatic heterocycles. The van der Waals surface area contributed by atoms with Crippen LogP contribution in [0, 0.1) is 0 Å². The lowest BCUT2D eigenvalue weighted by molar-refractivity contribution is -0.135. The van der Waals surface area contributed by atoms with Gasteiger partial charge in [-0.05, 0) is 0 Å². The number of hydrogen-bond acceptors (Lipinski definition) is 8. The van der Waals surface area contributed by atoms with Gasteiger partial charge < -0.3 is 26.0 Å². The molecule has 0 radical (unpaired) electrons. The first-order valence-electron chi connectivity index (χ1n) is 6.66. The minimum Gasteiger partial charge on any atom is -0.394 e. The van der Waals surface area contributed by atoms with E-state index in [9.17, 15) is 20.1 Å². The summed E-state index contributed by atoms with van der Waals surface area (Å²) in [7, 11) is 0. The molecule has 5 N–H and O–H groups in total. The molecule has 1 fully saturated rings. The largest absolute Gasteiger partial charge is 0.394 e. The van der Waals surface area contributed by atoms with Crippen LogP contribution in [0.25, 0.3) is 11.2 Å². The monoisotopic (exact) mass is 308 g/mol. The molecule has 118 valence electrons. The van der Waals surface area contributed by atoms with E-state index >= 15 is 0 Å². The average Bonchev–Trinajstić information content (AvgIpc) is 3.00. The van der Waals surface area contributed by atoms with E-state index in [1.807, 2.05) is 0 Å². The summed E-state index contributed by atoms with van der Waals surface area (Å²) in [5.74, 6) is -0.228. The first kappa shape index (κ1) is 14.6. The lowest BCUT2D eigenvalue weighted by atomic mass is 10.1. The highest BCUT2D eigenvalue weighted by molar-refractivity contribution is 5.81. The molecule has 10 heteroatoms. The van der Waals surface area contributed by atoms with Crippen LogP contribution in [-0.4, -0.2) is 70.5 Å². The van der Waals surface area contributed by atoms with Crippen molar-refractivity contribution in [3.05, 3.63) is 12.7 Å². The minimum atomic E-state index is -1.30. The Morgan fingerprint density at radius 3 is 2.68 bits per heavy atom. The number of aromatic nitrogens is 4. The fraction of sp³-hybridized carbons (Fsp3) is 0.500. The number of nitrogen functional groups attached to an aromatic ring is 1. The number of imidazole rings is 1. The van der Waals surface area contributed by atoms with E-state index in [1.165, 1.54) is 29.0 Å². The second-order valence-electron chi connectivity index (χ2n) is 5.15. The number of carbonyl (C=O) groups excluding carboxylic acids is 1. The van der Waals surface area contributed by atoms with E-state index < -0.39 is 36.9 Å². The maximum atomic E-state index is 11.9. The van der Waals surface area contributed by atoms with Gasteiger partial charge in [0.1, 0.15) is 30.2 Å². The summed E-state index contributed by atoms with van der Waals surface area (Å²) >= 11 is 0. The van der Waals surface area contributed by atoms with Gasteiger partial charge in [0, 0.05) is 6.92 Å². The highest BCUT2D eigenvalue weighted by atomic mass is 16.3. The molecular formula is C12H16N6O4. The second kappa shape index (κ2) is 5.16. The first-order chi connectivity index (χ1) is 10.5. The van der Waals surface area contributed by atoms with E-state index in [0.29, 0.717) is 11.2 Å². The van der Waals surface area contributed by atoms with Crippen molar-refractivity contribution in [2.45, 2.75) is 31.3 Å². The molecule has 2 aromatic heterocycles. The smallest absolute Gasteiger partial charge is 0.221 e. The number of amides is 1. The van der Waals surface area contributed by atoms with Crippen molar-refractivity contribution < 1.29 is 20.1 Å². The predicted octanol–water partition coefficient (Wildman–Crippen LogP) is -2.15. The van der Waals surface area contributed by atoms with E-state index in [2.05, 4.69) is 15.0 Å². The van der Waals surface area contributed by atoms with Crippen LogP contribution in [-0.2, 0) is 4.79 Å². The van der Waals surface area contributed by atoms with Crippen LogP contribution in [0.4, 0.5) is 5.82 Å². The van der Waals surface area contributed by atoms with Crippen molar-refractivity contribution in [2.75, 3.05) is 12.3 Å². The van der Waals surface area contributed by atoms with Crippen molar-refractivity contribution in [1.82, 2.24) is 24.4 Å². The highest BCUT2D eigenvalue weighted by Gasteiger charge is 2.50. The molecule has 1 amide bonds. The zero-order valence-corrected chi connectivity index (χ0v) is 11.7. The number of aliphatic hydroxyl groups excluding tert-OH is 3. The van der Waals surface area contributed by atoms with Crippen LogP contribution >= 0.6 is 0 Å². The lowest BCUT2D eigenvalue weighted by Gasteiger charge is -2.29. The Balaban J connectivity index is 2.15. The second-order valence-corrected chi connectivity index (χ2v) is 5.15. The quantitative estimate of drug-likeness (QED) is 0.490. The molecule has 4 unspecified atom stereocenters. The van der Waals surface area contributed by atoms with E-state index in [1.54, 1.807) is 0 Å². The molecule has 22 heavy (non-hydrogen) atoms. The van der Waals surface area contributed by atoms with Gasteiger partial charge in [-0.15, -0.1) is 0 Å². The number of likely N-dealkylation sites (tertiary alicyclic amines) is 1. The third kappa shape index (κ3) is 1.92. The van der Waals surface area contributed by atoms with Crippen LogP contribution < -0.4 is 5.73 Å². The summed E-state index contributed by atoms with van der Waals surface area (Å²) in [5, 5.41) is 29.8. The minimum absolute atomic E-state index is 0.171. The predicted molar refractivity (Wildman–Crippen MR) is 74.2 cm³/mol. The summed E-state index contributed by atoms with van der Waals surface area (Å²) in [6.45, 7) is 0.820. The number of rotatable bonds is 2. The van der Waals surface area contributed by atoms with Gasteiger partial charge in [-0.3, -0.25) is 9.36 Å². The van der Waals surface area contributed by atoms with Gasteiger partial charge in [0.05, 0.1) is 19.0 Å². The topological polar surface area (TPSA) is 151 Å². The Morgan fingerprint density at radius 2 is 2.05 bits per heavy atom. The first-order valence-corrected chi connectivity index (χ1v) is 6.66. The van der Waals surface area contributed by atoms with Crippen molar-refractivity contribution in [1.29, 1.82) is 0 Å². The molecule has 10 nitrogen and oxygen atoms in total. The number of aliphatic hydroxyl groups is 3. The van der Waals surface area contributed by atoms with Crippen LogP contribution in [0.5, 0.6) is 0 Å². The van der Waals surface area contributed by atoms with Crippen molar-refractivity contribution in [3.8, 4) is 0 Å². The van der Waals surface area contributed by atoms with E-state index in [0.717, 1.165) is 0 Å². The number of hydrogen-bond donors (Lipinski definition) is 4. The number of nitrogens with two attached hydrogens (primary N) is 1. The Bertz CT molecular complexity index is 719. The maximum absolute atomic E-state index is 11.9. The standard InChI is InChI=1S/C12H16N6O4/c1-5(20)18-6(2-19)8(21)9(22)12(18)17-4-16-7-10(13)14-3-15-11(7)17/h3-4,6,8-9,12,19,21-22H,2H2,1H3,(H2,13,14,15). The zero-order chi connectivity index (χ0) is 16.0. The normalized spacial score (nSPS) is 28.5. The number of nitrogens with zero attached hydrogens (tertiary/aromatic N) is 5. The molecule has 0 aromatic carbocycles. The number of carbonyl (C=O) groups is 1. The van der Waals surface area contributed by atoms with E-state index in [4.69, 9.17) is 5.73 Å². The maximum Gasteiger partial charge on any atom is 0.221 e. The third-order valence-electron chi connectivity index (χ3n) is 3.91. The van der Waals surface area contributed by atoms with Crippen LogP contribution in [0.1, 0.15) is 13.1 Å². The Hall–Kier alpha value is -2.30. The summed E-state index contributed by atoms with van der Waals surface area (Å²) in [6, 6.07) is -0.908. The SMILES string of the molecule is CC(=O)N1C(CO)C(O)C(O)C1n1cnc2c(N)ncnc21. The third-order valence-corrected chi connectivity index (χ3v) is 3.91. The van der Waals surface area contributed by atoms with Crippen molar-refractivity contribution >= 4 is 22.9 Å². The zero-order valence-electron chi connectivity index (χ0n) is 11.7. The van der Waals surface area contributed by atoms with Crippen molar-refractivity contribution in [3.63, 3.8) is 0 Å². The summed E-state index contributed by atoms with van der Waals surface area (Å²) in [6.07, 6.45) is -0.907. The number of anilines is 1. The fourth-order valence-corrected chi connectivity index (χ4v) is 2.91. The highest BCUT2D eigenvalue weighted by Crippen LogP contribution is 2.34. The van der Waals surface area contributed by atoms with Gasteiger partial charge in [-0.1, -0.05) is 0 Å². The van der Waals surface area contributed by atoms with Crippen LogP contribution in [0.3, 0.4) is 0 Å². The molecule has 3 heterocycles. The summed E-state index contributed by atoms with van der Waals surface area (Å²) in [4.78, 5) is 25.1.